The zero-order valence-corrected chi connectivity index (χ0v) is 20.0. The molecule has 0 aromatic rings. The molecule has 0 saturated heterocycles. The lowest BCUT2D eigenvalue weighted by molar-refractivity contribution is -0.144. The maximum absolute atomic E-state index is 12.8. The normalized spacial score (nSPS) is 14.3. The van der Waals surface area contributed by atoms with E-state index in [0.29, 0.717) is 19.4 Å². The number of carboxylic acid groups (broad SMARTS) is 3. The Kier molecular flexibility index (Phi) is 14.9. The van der Waals surface area contributed by atoms with Crippen molar-refractivity contribution in [1.29, 1.82) is 0 Å². The Morgan fingerprint density at radius 2 is 1.29 bits per heavy atom. The molecule has 0 spiro atoms. The summed E-state index contributed by atoms with van der Waals surface area (Å²) in [7, 11) is 0. The van der Waals surface area contributed by atoms with E-state index in [-0.39, 0.29) is 25.2 Å². The molecule has 0 bridgehead atoms. The Morgan fingerprint density at radius 3 is 1.77 bits per heavy atom. The molecule has 0 rings (SSSR count). The lowest BCUT2D eigenvalue weighted by Gasteiger charge is -2.25. The van der Waals surface area contributed by atoms with Crippen molar-refractivity contribution in [3.8, 4) is 0 Å². The standard InChI is InChI=1S/C21H37N5O9/c1-11(2)9-14(19(32)24-13(21(34)35)6-7-16(27)28)26-20(33)15(10-17(29)30)25-18(31)12(23)5-3-4-8-22/h11-15H,3-10,22-23H2,1-2H3,(H,24,32)(H,25,31)(H,26,33)(H,27,28)(H,29,30)(H,34,35). The number of carbonyl (C=O) groups is 6. The second-order valence-corrected chi connectivity index (χ2v) is 8.57. The molecule has 0 heterocycles. The lowest BCUT2D eigenvalue weighted by atomic mass is 10.0. The summed E-state index contributed by atoms with van der Waals surface area (Å²) in [6.07, 6.45) is -0.125. The smallest absolute Gasteiger partial charge is 0.326 e. The number of hydrogen-bond donors (Lipinski definition) is 8. The van der Waals surface area contributed by atoms with E-state index in [1.54, 1.807) is 13.8 Å². The number of rotatable bonds is 18. The van der Waals surface area contributed by atoms with Crippen LogP contribution in [0.1, 0.15) is 58.8 Å². The van der Waals surface area contributed by atoms with Crippen LogP contribution in [-0.2, 0) is 28.8 Å². The molecule has 0 fully saturated rings. The lowest BCUT2D eigenvalue weighted by Crippen LogP contribution is -2.57. The van der Waals surface area contributed by atoms with Gasteiger partial charge in [0.25, 0.3) is 0 Å². The van der Waals surface area contributed by atoms with E-state index in [4.69, 9.17) is 21.7 Å². The van der Waals surface area contributed by atoms with Crippen LogP contribution >= 0.6 is 0 Å². The van der Waals surface area contributed by atoms with Crippen molar-refractivity contribution in [3.05, 3.63) is 0 Å². The van der Waals surface area contributed by atoms with Gasteiger partial charge in [0.15, 0.2) is 0 Å². The van der Waals surface area contributed by atoms with Crippen molar-refractivity contribution >= 4 is 35.6 Å². The maximum Gasteiger partial charge on any atom is 0.326 e. The number of hydrogen-bond acceptors (Lipinski definition) is 8. The van der Waals surface area contributed by atoms with Crippen LogP contribution in [0.3, 0.4) is 0 Å². The second kappa shape index (κ2) is 16.4. The summed E-state index contributed by atoms with van der Waals surface area (Å²) in [5.74, 6) is -6.81. The number of carbonyl (C=O) groups excluding carboxylic acids is 3. The van der Waals surface area contributed by atoms with Crippen LogP contribution in [0.5, 0.6) is 0 Å². The van der Waals surface area contributed by atoms with E-state index in [2.05, 4.69) is 16.0 Å². The predicted molar refractivity (Wildman–Crippen MR) is 123 cm³/mol. The minimum atomic E-state index is -1.54. The SMILES string of the molecule is CC(C)CC(NC(=O)C(CC(=O)O)NC(=O)C(N)CCCCN)C(=O)NC(CCC(=O)O)C(=O)O. The van der Waals surface area contributed by atoms with Gasteiger partial charge in [0.2, 0.25) is 17.7 Å². The molecule has 200 valence electrons. The third-order valence-electron chi connectivity index (χ3n) is 4.92. The number of amides is 3. The first-order valence-electron chi connectivity index (χ1n) is 11.3. The van der Waals surface area contributed by atoms with Crippen molar-refractivity contribution in [1.82, 2.24) is 16.0 Å². The predicted octanol–water partition coefficient (Wildman–Crippen LogP) is -1.63. The van der Waals surface area contributed by atoms with Gasteiger partial charge in [0.1, 0.15) is 18.1 Å². The van der Waals surface area contributed by atoms with E-state index < -0.39 is 72.6 Å². The number of carboxylic acids is 3. The highest BCUT2D eigenvalue weighted by atomic mass is 16.4. The van der Waals surface area contributed by atoms with Gasteiger partial charge < -0.3 is 42.7 Å². The fraction of sp³-hybridized carbons (Fsp3) is 0.714. The minimum absolute atomic E-state index is 0.0647. The summed E-state index contributed by atoms with van der Waals surface area (Å²) in [6.45, 7) is 3.89. The molecule has 14 heteroatoms. The molecule has 10 N–H and O–H groups in total. The highest BCUT2D eigenvalue weighted by Gasteiger charge is 2.31. The molecular weight excluding hydrogens is 466 g/mol. The molecule has 0 radical (unpaired) electrons. The quantitative estimate of drug-likeness (QED) is 0.0985. The molecule has 3 amide bonds. The molecule has 0 aromatic carbocycles. The van der Waals surface area contributed by atoms with Crippen LogP contribution in [0.2, 0.25) is 0 Å². The van der Waals surface area contributed by atoms with Gasteiger partial charge in [0.05, 0.1) is 12.5 Å². The van der Waals surface area contributed by atoms with Crippen LogP contribution in [0, 0.1) is 5.92 Å². The second-order valence-electron chi connectivity index (χ2n) is 8.57. The molecule has 0 aliphatic rings. The summed E-state index contributed by atoms with van der Waals surface area (Å²) >= 11 is 0. The van der Waals surface area contributed by atoms with Crippen LogP contribution in [-0.4, -0.2) is 81.7 Å². The fourth-order valence-electron chi connectivity index (χ4n) is 3.08. The van der Waals surface area contributed by atoms with Gasteiger partial charge in [0, 0.05) is 6.42 Å². The first-order valence-corrected chi connectivity index (χ1v) is 11.3. The molecule has 0 saturated carbocycles. The Morgan fingerprint density at radius 1 is 0.743 bits per heavy atom. The van der Waals surface area contributed by atoms with Crippen molar-refractivity contribution in [2.24, 2.45) is 17.4 Å². The summed E-state index contributed by atoms with van der Waals surface area (Å²) in [5.41, 5.74) is 11.2. The van der Waals surface area contributed by atoms with Gasteiger partial charge in [-0.15, -0.1) is 0 Å². The van der Waals surface area contributed by atoms with Crippen molar-refractivity contribution in [2.45, 2.75) is 83.0 Å². The van der Waals surface area contributed by atoms with Gasteiger partial charge in [-0.2, -0.15) is 0 Å². The first-order chi connectivity index (χ1) is 16.3. The monoisotopic (exact) mass is 503 g/mol. The molecular formula is C21H37N5O9. The zero-order valence-electron chi connectivity index (χ0n) is 20.0. The number of unbranched alkanes of at least 4 members (excludes halogenated alkanes) is 1. The number of aliphatic carboxylic acids is 3. The molecule has 0 aromatic heterocycles. The van der Waals surface area contributed by atoms with E-state index in [9.17, 15) is 33.9 Å². The van der Waals surface area contributed by atoms with E-state index in [0.717, 1.165) is 0 Å². The average Bonchev–Trinajstić information content (AvgIpc) is 2.74. The largest absolute Gasteiger partial charge is 0.481 e. The molecule has 14 nitrogen and oxygen atoms in total. The van der Waals surface area contributed by atoms with Gasteiger partial charge in [-0.05, 0) is 38.1 Å². The van der Waals surface area contributed by atoms with Gasteiger partial charge in [-0.1, -0.05) is 20.3 Å². The molecule has 0 aliphatic heterocycles. The zero-order chi connectivity index (χ0) is 27.1. The molecule has 4 unspecified atom stereocenters. The van der Waals surface area contributed by atoms with Crippen LogP contribution in [0.15, 0.2) is 0 Å². The van der Waals surface area contributed by atoms with Gasteiger partial charge in [-0.25, -0.2) is 4.79 Å². The van der Waals surface area contributed by atoms with Gasteiger partial charge >= 0.3 is 17.9 Å². The van der Waals surface area contributed by atoms with Crippen molar-refractivity contribution in [2.75, 3.05) is 6.54 Å². The Balaban J connectivity index is 5.46. The first kappa shape index (κ1) is 31.7. The average molecular weight is 504 g/mol. The Bertz CT molecular complexity index is 759. The Labute approximate surface area is 203 Å². The van der Waals surface area contributed by atoms with Crippen molar-refractivity contribution < 1.29 is 44.1 Å². The Hall–Kier alpha value is -3.26. The highest BCUT2D eigenvalue weighted by Crippen LogP contribution is 2.08. The topological polar surface area (TPSA) is 251 Å². The van der Waals surface area contributed by atoms with Crippen LogP contribution < -0.4 is 27.4 Å². The third kappa shape index (κ3) is 13.9. The van der Waals surface area contributed by atoms with E-state index >= 15 is 0 Å². The van der Waals surface area contributed by atoms with E-state index in [1.165, 1.54) is 0 Å². The fourth-order valence-corrected chi connectivity index (χ4v) is 3.08. The summed E-state index contributed by atoms with van der Waals surface area (Å²) < 4.78 is 0. The van der Waals surface area contributed by atoms with Gasteiger partial charge in [-0.3, -0.25) is 24.0 Å². The number of nitrogens with one attached hydrogen (secondary N) is 3. The van der Waals surface area contributed by atoms with E-state index in [1.807, 2.05) is 0 Å². The highest BCUT2D eigenvalue weighted by molar-refractivity contribution is 5.95. The van der Waals surface area contributed by atoms with Crippen LogP contribution in [0.4, 0.5) is 0 Å². The molecule has 35 heavy (non-hydrogen) atoms. The van der Waals surface area contributed by atoms with Crippen LogP contribution in [0.25, 0.3) is 0 Å². The minimum Gasteiger partial charge on any atom is -0.481 e. The maximum atomic E-state index is 12.8. The summed E-state index contributed by atoms with van der Waals surface area (Å²) in [6, 6.07) is -5.30. The summed E-state index contributed by atoms with van der Waals surface area (Å²) in [5, 5.41) is 34.0. The van der Waals surface area contributed by atoms with Crippen molar-refractivity contribution in [3.63, 3.8) is 0 Å². The summed E-state index contributed by atoms with van der Waals surface area (Å²) in [4.78, 5) is 71.3. The molecule has 0 aliphatic carbocycles. The third-order valence-corrected chi connectivity index (χ3v) is 4.92. The molecule has 4 atom stereocenters. The number of nitrogens with two attached hydrogens (primary N) is 2.